The minimum atomic E-state index is -0.191. The van der Waals surface area contributed by atoms with Crippen LogP contribution in [0.4, 0.5) is 10.5 Å². The Balaban J connectivity index is 1.68. The fourth-order valence-corrected chi connectivity index (χ4v) is 3.01. The molecule has 2 N–H and O–H groups in total. The zero-order valence-electron chi connectivity index (χ0n) is 13.4. The molecule has 2 aromatic rings. The molecule has 2 aromatic carbocycles. The number of carbonyl (C=O) groups is 1. The summed E-state index contributed by atoms with van der Waals surface area (Å²) in [5.74, 6) is 0.814. The van der Waals surface area contributed by atoms with Crippen molar-refractivity contribution in [3.63, 3.8) is 0 Å². The third kappa shape index (κ3) is 3.57. The molecule has 0 radical (unpaired) electrons. The van der Waals surface area contributed by atoms with Gasteiger partial charge in [0.05, 0.1) is 11.6 Å². The number of halogens is 1. The SMILES string of the molecule is CCOc1ccc(NC(=O)N2CCc3ccc(O)cc3C2)cc1Cl. The van der Waals surface area contributed by atoms with Crippen molar-refractivity contribution >= 4 is 23.3 Å². The Kier molecular flexibility index (Phi) is 4.81. The van der Waals surface area contributed by atoms with Crippen LogP contribution in [0.15, 0.2) is 36.4 Å². The number of aromatic hydroxyl groups is 1. The van der Waals surface area contributed by atoms with E-state index in [2.05, 4.69) is 5.32 Å². The third-order valence-electron chi connectivity index (χ3n) is 3.97. The number of hydrogen-bond acceptors (Lipinski definition) is 3. The van der Waals surface area contributed by atoms with Gasteiger partial charge in [-0.2, -0.15) is 0 Å². The van der Waals surface area contributed by atoms with Gasteiger partial charge in [0.15, 0.2) is 0 Å². The van der Waals surface area contributed by atoms with E-state index in [1.54, 1.807) is 35.2 Å². The summed E-state index contributed by atoms with van der Waals surface area (Å²) in [6.07, 6.45) is 0.771. The summed E-state index contributed by atoms with van der Waals surface area (Å²) >= 11 is 6.14. The molecular weight excluding hydrogens is 328 g/mol. The highest BCUT2D eigenvalue weighted by atomic mass is 35.5. The molecule has 0 unspecified atom stereocenters. The van der Waals surface area contributed by atoms with Crippen molar-refractivity contribution in [1.82, 2.24) is 4.90 Å². The Morgan fingerprint density at radius 2 is 2.12 bits per heavy atom. The van der Waals surface area contributed by atoms with Crippen LogP contribution in [0.2, 0.25) is 5.02 Å². The Morgan fingerprint density at radius 3 is 2.88 bits per heavy atom. The van der Waals surface area contributed by atoms with E-state index in [-0.39, 0.29) is 11.8 Å². The van der Waals surface area contributed by atoms with E-state index in [9.17, 15) is 9.90 Å². The van der Waals surface area contributed by atoms with Crippen LogP contribution in [0, 0.1) is 0 Å². The molecule has 1 heterocycles. The Labute approximate surface area is 145 Å². The smallest absolute Gasteiger partial charge is 0.322 e. The first-order valence-corrected chi connectivity index (χ1v) is 8.23. The maximum Gasteiger partial charge on any atom is 0.322 e. The van der Waals surface area contributed by atoms with Crippen molar-refractivity contribution in [2.24, 2.45) is 0 Å². The van der Waals surface area contributed by atoms with Gasteiger partial charge < -0.3 is 20.1 Å². The number of urea groups is 1. The van der Waals surface area contributed by atoms with Crippen LogP contribution in [0.25, 0.3) is 0 Å². The largest absolute Gasteiger partial charge is 0.508 e. The molecule has 0 fully saturated rings. The van der Waals surface area contributed by atoms with Crippen molar-refractivity contribution in [2.45, 2.75) is 19.9 Å². The van der Waals surface area contributed by atoms with Crippen LogP contribution in [0.5, 0.6) is 11.5 Å². The second-order valence-electron chi connectivity index (χ2n) is 5.63. The molecule has 0 saturated heterocycles. The maximum atomic E-state index is 12.5. The lowest BCUT2D eigenvalue weighted by atomic mass is 10.00. The van der Waals surface area contributed by atoms with E-state index in [1.165, 1.54) is 5.56 Å². The van der Waals surface area contributed by atoms with Crippen LogP contribution < -0.4 is 10.1 Å². The van der Waals surface area contributed by atoms with Crippen molar-refractivity contribution < 1.29 is 14.6 Å². The number of carbonyl (C=O) groups excluding carboxylic acids is 1. The van der Waals surface area contributed by atoms with Crippen LogP contribution >= 0.6 is 11.6 Å². The standard InChI is InChI=1S/C18H19ClN2O3/c1-2-24-17-6-4-14(10-16(17)19)20-18(23)21-8-7-12-3-5-15(22)9-13(12)11-21/h3-6,9-10,22H,2,7-8,11H2,1H3,(H,20,23). The first kappa shape index (κ1) is 16.5. The molecule has 5 nitrogen and oxygen atoms in total. The molecular formula is C18H19ClN2O3. The van der Waals surface area contributed by atoms with E-state index < -0.39 is 0 Å². The monoisotopic (exact) mass is 346 g/mol. The van der Waals surface area contributed by atoms with Crippen molar-refractivity contribution in [2.75, 3.05) is 18.5 Å². The van der Waals surface area contributed by atoms with E-state index in [0.29, 0.717) is 36.2 Å². The molecule has 1 aliphatic rings. The van der Waals surface area contributed by atoms with Crippen molar-refractivity contribution in [1.29, 1.82) is 0 Å². The highest BCUT2D eigenvalue weighted by molar-refractivity contribution is 6.32. The zero-order valence-corrected chi connectivity index (χ0v) is 14.1. The minimum absolute atomic E-state index is 0.191. The summed E-state index contributed by atoms with van der Waals surface area (Å²) in [5.41, 5.74) is 2.76. The lowest BCUT2D eigenvalue weighted by Crippen LogP contribution is -2.38. The number of fused-ring (bicyclic) bond motifs is 1. The first-order valence-electron chi connectivity index (χ1n) is 7.86. The average molecular weight is 347 g/mol. The van der Waals surface area contributed by atoms with Crippen LogP contribution in [0.3, 0.4) is 0 Å². The molecule has 3 rings (SSSR count). The van der Waals surface area contributed by atoms with Gasteiger partial charge in [0.2, 0.25) is 0 Å². The number of benzene rings is 2. The summed E-state index contributed by atoms with van der Waals surface area (Å²) in [6.45, 7) is 3.53. The number of phenols is 1. The number of phenolic OH excluding ortho intramolecular Hbond substituents is 1. The summed E-state index contributed by atoms with van der Waals surface area (Å²) < 4.78 is 5.38. The summed E-state index contributed by atoms with van der Waals surface area (Å²) in [7, 11) is 0. The maximum absolute atomic E-state index is 12.5. The van der Waals surface area contributed by atoms with E-state index in [4.69, 9.17) is 16.3 Å². The molecule has 2 amide bonds. The van der Waals surface area contributed by atoms with Gasteiger partial charge in [0.25, 0.3) is 0 Å². The van der Waals surface area contributed by atoms with Crippen LogP contribution in [-0.4, -0.2) is 29.2 Å². The van der Waals surface area contributed by atoms with Gasteiger partial charge in [-0.05, 0) is 54.8 Å². The first-order chi connectivity index (χ1) is 11.6. The van der Waals surface area contributed by atoms with Gasteiger partial charge >= 0.3 is 6.03 Å². The van der Waals surface area contributed by atoms with Gasteiger partial charge in [-0.15, -0.1) is 0 Å². The average Bonchev–Trinajstić information content (AvgIpc) is 2.56. The second kappa shape index (κ2) is 7.01. The molecule has 0 atom stereocenters. The Hall–Kier alpha value is -2.40. The summed E-state index contributed by atoms with van der Waals surface area (Å²) in [6, 6.07) is 10.3. The summed E-state index contributed by atoms with van der Waals surface area (Å²) in [4.78, 5) is 14.2. The van der Waals surface area contributed by atoms with Gasteiger partial charge in [-0.25, -0.2) is 4.79 Å². The number of hydrogen-bond donors (Lipinski definition) is 2. The highest BCUT2D eigenvalue weighted by Gasteiger charge is 2.21. The van der Waals surface area contributed by atoms with Crippen LogP contribution in [-0.2, 0) is 13.0 Å². The number of rotatable bonds is 3. The predicted octanol–water partition coefficient (Wildman–Crippen LogP) is 4.03. The lowest BCUT2D eigenvalue weighted by Gasteiger charge is -2.29. The van der Waals surface area contributed by atoms with Gasteiger partial charge in [0, 0.05) is 18.8 Å². The molecule has 0 aliphatic carbocycles. The molecule has 6 heteroatoms. The van der Waals surface area contributed by atoms with E-state index in [0.717, 1.165) is 12.0 Å². The van der Waals surface area contributed by atoms with E-state index >= 15 is 0 Å². The molecule has 0 saturated carbocycles. The number of nitrogens with zero attached hydrogens (tertiary/aromatic N) is 1. The number of ether oxygens (including phenoxy) is 1. The predicted molar refractivity (Wildman–Crippen MR) is 93.9 cm³/mol. The fourth-order valence-electron chi connectivity index (χ4n) is 2.77. The number of nitrogens with one attached hydrogen (secondary N) is 1. The molecule has 0 aromatic heterocycles. The van der Waals surface area contributed by atoms with Crippen molar-refractivity contribution in [3.8, 4) is 11.5 Å². The van der Waals surface area contributed by atoms with Gasteiger partial charge in [-0.3, -0.25) is 0 Å². The fraction of sp³-hybridized carbons (Fsp3) is 0.278. The second-order valence-corrected chi connectivity index (χ2v) is 6.04. The highest BCUT2D eigenvalue weighted by Crippen LogP contribution is 2.28. The number of amides is 2. The summed E-state index contributed by atoms with van der Waals surface area (Å²) in [5, 5.41) is 12.9. The molecule has 24 heavy (non-hydrogen) atoms. The normalized spacial score (nSPS) is 13.3. The molecule has 1 aliphatic heterocycles. The minimum Gasteiger partial charge on any atom is -0.508 e. The van der Waals surface area contributed by atoms with Crippen LogP contribution in [0.1, 0.15) is 18.1 Å². The molecule has 126 valence electrons. The quantitative estimate of drug-likeness (QED) is 0.881. The third-order valence-corrected chi connectivity index (χ3v) is 4.27. The zero-order chi connectivity index (χ0) is 17.1. The van der Waals surface area contributed by atoms with Crippen molar-refractivity contribution in [3.05, 3.63) is 52.5 Å². The molecule has 0 spiro atoms. The van der Waals surface area contributed by atoms with Gasteiger partial charge in [0.1, 0.15) is 11.5 Å². The topological polar surface area (TPSA) is 61.8 Å². The lowest BCUT2D eigenvalue weighted by molar-refractivity contribution is 0.206. The molecule has 0 bridgehead atoms. The van der Waals surface area contributed by atoms with E-state index in [1.807, 2.05) is 13.0 Å². The van der Waals surface area contributed by atoms with Gasteiger partial charge in [-0.1, -0.05) is 17.7 Å². The Bertz CT molecular complexity index is 764. The number of anilines is 1. The Morgan fingerprint density at radius 1 is 1.29 bits per heavy atom.